The maximum Gasteiger partial charge on any atom is 0.338 e. The lowest BCUT2D eigenvalue weighted by Gasteiger charge is -2.16. The fourth-order valence-electron chi connectivity index (χ4n) is 2.82. The van der Waals surface area contributed by atoms with Gasteiger partial charge >= 0.3 is 5.97 Å². The summed E-state index contributed by atoms with van der Waals surface area (Å²) in [6, 6.07) is 20.2. The van der Waals surface area contributed by atoms with Gasteiger partial charge in [-0.05, 0) is 41.5 Å². The molecule has 0 fully saturated rings. The van der Waals surface area contributed by atoms with Gasteiger partial charge in [-0.2, -0.15) is 0 Å². The van der Waals surface area contributed by atoms with E-state index >= 15 is 0 Å². The van der Waals surface area contributed by atoms with Gasteiger partial charge in [-0.1, -0.05) is 60.1 Å². The number of amides is 1. The van der Waals surface area contributed by atoms with Gasteiger partial charge in [0.25, 0.3) is 5.91 Å². The Balaban J connectivity index is 1.61. The minimum Gasteiger partial charge on any atom is -0.452 e. The Hall–Kier alpha value is -2.85. The lowest BCUT2D eigenvalue weighted by Crippen LogP contribution is -2.31. The van der Waals surface area contributed by atoms with Gasteiger partial charge in [0, 0.05) is 5.02 Å². The standard InChI is InChI=1S/C21H18ClNO3/c1-14(18-11-5-7-15-6-2-3-10-19(15)18)23-20(24)13-26-21(25)16-8-4-9-17(22)12-16/h2-12,14H,13H2,1H3,(H,23,24)/t14-/m1/s1. The van der Waals surface area contributed by atoms with Crippen LogP contribution in [0.4, 0.5) is 0 Å². The summed E-state index contributed by atoms with van der Waals surface area (Å²) in [6.07, 6.45) is 0. The third-order valence-corrected chi connectivity index (χ3v) is 4.30. The van der Waals surface area contributed by atoms with E-state index < -0.39 is 5.97 Å². The molecule has 3 aromatic carbocycles. The molecule has 1 N–H and O–H groups in total. The molecule has 0 unspecified atom stereocenters. The van der Waals surface area contributed by atoms with E-state index in [1.165, 1.54) is 6.07 Å². The van der Waals surface area contributed by atoms with Crippen molar-refractivity contribution in [3.63, 3.8) is 0 Å². The van der Waals surface area contributed by atoms with Gasteiger partial charge in [-0.15, -0.1) is 0 Å². The van der Waals surface area contributed by atoms with Crippen LogP contribution < -0.4 is 5.32 Å². The molecule has 132 valence electrons. The predicted octanol–water partition coefficient (Wildman–Crippen LogP) is 4.53. The maximum absolute atomic E-state index is 12.2. The summed E-state index contributed by atoms with van der Waals surface area (Å²) >= 11 is 5.85. The molecule has 0 radical (unpaired) electrons. The molecule has 0 aromatic heterocycles. The molecule has 5 heteroatoms. The first-order valence-corrected chi connectivity index (χ1v) is 8.62. The van der Waals surface area contributed by atoms with E-state index in [9.17, 15) is 9.59 Å². The second-order valence-corrected chi connectivity index (χ2v) is 6.38. The number of carbonyl (C=O) groups excluding carboxylic acids is 2. The molecule has 4 nitrogen and oxygen atoms in total. The van der Waals surface area contributed by atoms with Crippen LogP contribution in [0.3, 0.4) is 0 Å². The third kappa shape index (κ3) is 4.21. The van der Waals surface area contributed by atoms with Crippen LogP contribution in [-0.4, -0.2) is 18.5 Å². The first kappa shape index (κ1) is 18.0. The van der Waals surface area contributed by atoms with E-state index in [0.717, 1.165) is 16.3 Å². The van der Waals surface area contributed by atoms with Gasteiger partial charge in [-0.3, -0.25) is 4.79 Å². The molecule has 3 rings (SSSR count). The minimum atomic E-state index is -0.583. The van der Waals surface area contributed by atoms with Crippen LogP contribution in [0.2, 0.25) is 5.02 Å². The SMILES string of the molecule is C[C@@H](NC(=O)COC(=O)c1cccc(Cl)c1)c1cccc2ccccc12. The molecule has 0 heterocycles. The highest BCUT2D eigenvalue weighted by atomic mass is 35.5. The smallest absolute Gasteiger partial charge is 0.338 e. The Morgan fingerprint density at radius 2 is 1.77 bits per heavy atom. The Labute approximate surface area is 156 Å². The molecule has 0 saturated carbocycles. The molecule has 1 atom stereocenters. The first-order valence-electron chi connectivity index (χ1n) is 8.24. The van der Waals surface area contributed by atoms with E-state index in [4.69, 9.17) is 16.3 Å². The van der Waals surface area contributed by atoms with E-state index in [1.807, 2.05) is 49.4 Å². The van der Waals surface area contributed by atoms with Crippen molar-refractivity contribution in [2.75, 3.05) is 6.61 Å². The summed E-state index contributed by atoms with van der Waals surface area (Å²) in [5, 5.41) is 5.49. The second kappa shape index (κ2) is 8.02. The summed E-state index contributed by atoms with van der Waals surface area (Å²) in [7, 11) is 0. The van der Waals surface area contributed by atoms with Gasteiger partial charge in [-0.25, -0.2) is 4.79 Å². The maximum atomic E-state index is 12.2. The zero-order valence-electron chi connectivity index (χ0n) is 14.2. The van der Waals surface area contributed by atoms with Gasteiger partial charge < -0.3 is 10.1 Å². The number of fused-ring (bicyclic) bond motifs is 1. The monoisotopic (exact) mass is 367 g/mol. The number of benzene rings is 3. The number of hydrogen-bond donors (Lipinski definition) is 1. The number of halogens is 1. The zero-order valence-corrected chi connectivity index (χ0v) is 15.0. The predicted molar refractivity (Wildman–Crippen MR) is 102 cm³/mol. The zero-order chi connectivity index (χ0) is 18.5. The van der Waals surface area contributed by atoms with Gasteiger partial charge in [0.2, 0.25) is 0 Å². The van der Waals surface area contributed by atoms with Crippen LogP contribution in [0.15, 0.2) is 66.7 Å². The highest BCUT2D eigenvalue weighted by Crippen LogP contribution is 2.24. The second-order valence-electron chi connectivity index (χ2n) is 5.94. The van der Waals surface area contributed by atoms with Gasteiger partial charge in [0.15, 0.2) is 6.61 Å². The fraction of sp³-hybridized carbons (Fsp3) is 0.143. The Morgan fingerprint density at radius 1 is 1.04 bits per heavy atom. The Bertz CT molecular complexity index is 949. The van der Waals surface area contributed by atoms with Crippen molar-refractivity contribution in [3.8, 4) is 0 Å². The number of esters is 1. The quantitative estimate of drug-likeness (QED) is 0.674. The molecule has 0 spiro atoms. The van der Waals surface area contributed by atoms with Crippen molar-refractivity contribution in [1.82, 2.24) is 5.32 Å². The third-order valence-electron chi connectivity index (χ3n) is 4.06. The molecule has 3 aromatic rings. The van der Waals surface area contributed by atoms with Crippen molar-refractivity contribution in [2.45, 2.75) is 13.0 Å². The van der Waals surface area contributed by atoms with Crippen LogP contribution in [0.1, 0.15) is 28.9 Å². The van der Waals surface area contributed by atoms with Crippen LogP contribution >= 0.6 is 11.6 Å². The molecule has 0 bridgehead atoms. The molecule has 0 aliphatic carbocycles. The largest absolute Gasteiger partial charge is 0.452 e. The molecule has 1 amide bonds. The summed E-state index contributed by atoms with van der Waals surface area (Å²) in [4.78, 5) is 24.1. The van der Waals surface area contributed by atoms with E-state index in [1.54, 1.807) is 18.2 Å². The van der Waals surface area contributed by atoms with Gasteiger partial charge in [0.1, 0.15) is 0 Å². The fourth-order valence-corrected chi connectivity index (χ4v) is 3.01. The topological polar surface area (TPSA) is 55.4 Å². The van der Waals surface area contributed by atoms with E-state index in [0.29, 0.717) is 10.6 Å². The summed E-state index contributed by atoms with van der Waals surface area (Å²) in [5.74, 6) is -0.943. The summed E-state index contributed by atoms with van der Waals surface area (Å²) in [5.41, 5.74) is 1.32. The van der Waals surface area contributed by atoms with Crippen molar-refractivity contribution >= 4 is 34.2 Å². The van der Waals surface area contributed by atoms with Crippen LogP contribution in [0, 0.1) is 0 Å². The van der Waals surface area contributed by atoms with Crippen molar-refractivity contribution in [2.24, 2.45) is 0 Å². The van der Waals surface area contributed by atoms with Gasteiger partial charge in [0.05, 0.1) is 11.6 Å². The Morgan fingerprint density at radius 3 is 2.58 bits per heavy atom. The Kier molecular flexibility index (Phi) is 5.54. The number of nitrogens with one attached hydrogen (secondary N) is 1. The molecule has 0 aliphatic rings. The number of carbonyl (C=O) groups is 2. The van der Waals surface area contributed by atoms with Crippen LogP contribution in [0.25, 0.3) is 10.8 Å². The van der Waals surface area contributed by atoms with Crippen molar-refractivity contribution in [1.29, 1.82) is 0 Å². The number of hydrogen-bond acceptors (Lipinski definition) is 3. The van der Waals surface area contributed by atoms with Crippen molar-refractivity contribution in [3.05, 3.63) is 82.9 Å². The van der Waals surface area contributed by atoms with Crippen molar-refractivity contribution < 1.29 is 14.3 Å². The first-order chi connectivity index (χ1) is 12.5. The minimum absolute atomic E-state index is 0.210. The molecule has 0 saturated heterocycles. The normalized spacial score (nSPS) is 11.8. The highest BCUT2D eigenvalue weighted by Gasteiger charge is 2.14. The van der Waals surface area contributed by atoms with Crippen LogP contribution in [0.5, 0.6) is 0 Å². The molecule has 0 aliphatic heterocycles. The molecular weight excluding hydrogens is 350 g/mol. The number of ether oxygens (including phenoxy) is 1. The molecular formula is C21H18ClNO3. The lowest BCUT2D eigenvalue weighted by molar-refractivity contribution is -0.124. The summed E-state index contributed by atoms with van der Waals surface area (Å²) < 4.78 is 5.06. The average Bonchev–Trinajstić information content (AvgIpc) is 2.65. The van der Waals surface area contributed by atoms with E-state index in [2.05, 4.69) is 5.32 Å². The molecule has 26 heavy (non-hydrogen) atoms. The highest BCUT2D eigenvalue weighted by molar-refractivity contribution is 6.30. The average molecular weight is 368 g/mol. The lowest BCUT2D eigenvalue weighted by atomic mass is 10.00. The van der Waals surface area contributed by atoms with Crippen LogP contribution in [-0.2, 0) is 9.53 Å². The summed E-state index contributed by atoms with van der Waals surface area (Å²) in [6.45, 7) is 1.55. The van der Waals surface area contributed by atoms with E-state index in [-0.39, 0.29) is 18.6 Å². The number of rotatable bonds is 5.